The third-order valence-electron chi connectivity index (χ3n) is 2.97. The Morgan fingerprint density at radius 1 is 1.42 bits per heavy atom. The van der Waals surface area contributed by atoms with E-state index < -0.39 is 9.84 Å². The summed E-state index contributed by atoms with van der Waals surface area (Å²) in [6.07, 6.45) is 3.51. The van der Waals surface area contributed by atoms with Crippen molar-refractivity contribution >= 4 is 15.7 Å². The van der Waals surface area contributed by atoms with E-state index >= 15 is 0 Å². The zero-order chi connectivity index (χ0) is 13.7. The number of rotatable bonds is 4. The molecule has 19 heavy (non-hydrogen) atoms. The van der Waals surface area contributed by atoms with Crippen LogP contribution < -0.4 is 10.6 Å². The average Bonchev–Trinajstić information content (AvgIpc) is 2.36. The molecule has 1 aliphatic heterocycles. The van der Waals surface area contributed by atoms with Crippen LogP contribution in [0.25, 0.3) is 0 Å². The number of carbonyl (C=O) groups excluding carboxylic acids is 1. The van der Waals surface area contributed by atoms with E-state index in [4.69, 9.17) is 0 Å². The molecule has 1 aromatic heterocycles. The van der Waals surface area contributed by atoms with Crippen LogP contribution in [0.4, 0.5) is 0 Å². The minimum atomic E-state index is -3.00. The van der Waals surface area contributed by atoms with Crippen molar-refractivity contribution in [3.8, 4) is 0 Å². The topological polar surface area (TPSA) is 88.2 Å². The molecule has 1 fully saturated rings. The van der Waals surface area contributed by atoms with E-state index in [0.717, 1.165) is 5.56 Å². The Bertz CT molecular complexity index is 530. The fraction of sp³-hybridized carbons (Fsp3) is 0.500. The van der Waals surface area contributed by atoms with Gasteiger partial charge in [0.25, 0.3) is 0 Å². The van der Waals surface area contributed by atoms with Gasteiger partial charge in [0.1, 0.15) is 0 Å². The van der Waals surface area contributed by atoms with Gasteiger partial charge in [-0.1, -0.05) is 0 Å². The number of hydrogen-bond acceptors (Lipinski definition) is 5. The molecule has 1 atom stereocenters. The minimum absolute atomic E-state index is 0.0374. The SMILES string of the molecule is O=C(CC1CS(=O)(=O)CCN1)NCc1ccncc1. The van der Waals surface area contributed by atoms with Gasteiger partial charge in [-0.15, -0.1) is 0 Å². The molecule has 1 aromatic rings. The molecular weight excluding hydrogens is 266 g/mol. The van der Waals surface area contributed by atoms with Gasteiger partial charge in [0.15, 0.2) is 9.84 Å². The maximum atomic E-state index is 11.7. The van der Waals surface area contributed by atoms with Crippen LogP contribution in [0.1, 0.15) is 12.0 Å². The summed E-state index contributed by atoms with van der Waals surface area (Å²) in [6, 6.07) is 3.36. The fourth-order valence-electron chi connectivity index (χ4n) is 2.00. The molecule has 0 bridgehead atoms. The van der Waals surface area contributed by atoms with Crippen molar-refractivity contribution < 1.29 is 13.2 Å². The summed E-state index contributed by atoms with van der Waals surface area (Å²) < 4.78 is 22.9. The van der Waals surface area contributed by atoms with Crippen LogP contribution in [0.5, 0.6) is 0 Å². The second kappa shape index (κ2) is 6.12. The molecule has 2 rings (SSSR count). The van der Waals surface area contributed by atoms with E-state index in [1.165, 1.54) is 0 Å². The van der Waals surface area contributed by atoms with Crippen molar-refractivity contribution in [2.24, 2.45) is 0 Å². The maximum absolute atomic E-state index is 11.7. The van der Waals surface area contributed by atoms with E-state index in [0.29, 0.717) is 13.1 Å². The number of aromatic nitrogens is 1. The van der Waals surface area contributed by atoms with Crippen molar-refractivity contribution in [3.63, 3.8) is 0 Å². The number of sulfone groups is 1. The van der Waals surface area contributed by atoms with E-state index in [9.17, 15) is 13.2 Å². The molecule has 0 aliphatic carbocycles. The first-order chi connectivity index (χ1) is 9.05. The summed E-state index contributed by atoms with van der Waals surface area (Å²) in [7, 11) is -3.00. The van der Waals surface area contributed by atoms with Crippen molar-refractivity contribution in [3.05, 3.63) is 30.1 Å². The van der Waals surface area contributed by atoms with E-state index in [1.807, 2.05) is 12.1 Å². The smallest absolute Gasteiger partial charge is 0.221 e. The third kappa shape index (κ3) is 4.60. The Morgan fingerprint density at radius 2 is 2.16 bits per heavy atom. The van der Waals surface area contributed by atoms with Gasteiger partial charge in [0.05, 0.1) is 11.5 Å². The monoisotopic (exact) mass is 283 g/mol. The van der Waals surface area contributed by atoms with Crippen LogP contribution >= 0.6 is 0 Å². The molecule has 1 saturated heterocycles. The molecule has 0 radical (unpaired) electrons. The lowest BCUT2D eigenvalue weighted by molar-refractivity contribution is -0.121. The number of carbonyl (C=O) groups is 1. The molecule has 7 heteroatoms. The van der Waals surface area contributed by atoms with Gasteiger partial charge in [-0.05, 0) is 17.7 Å². The second-order valence-corrected chi connectivity index (χ2v) is 6.83. The zero-order valence-electron chi connectivity index (χ0n) is 10.5. The summed E-state index contributed by atoms with van der Waals surface area (Å²) in [4.78, 5) is 15.6. The molecule has 1 amide bonds. The molecule has 2 heterocycles. The van der Waals surface area contributed by atoms with Crippen LogP contribution in [0, 0.1) is 0 Å². The predicted octanol–water partition coefficient (Wildman–Crippen LogP) is -0.525. The van der Waals surface area contributed by atoms with Gasteiger partial charge in [0.2, 0.25) is 5.91 Å². The van der Waals surface area contributed by atoms with E-state index in [1.54, 1.807) is 12.4 Å². The summed E-state index contributed by atoms with van der Waals surface area (Å²) in [5.74, 6) is 0.0454. The molecule has 104 valence electrons. The van der Waals surface area contributed by atoms with Gasteiger partial charge in [-0.2, -0.15) is 0 Å². The van der Waals surface area contributed by atoms with Crippen LogP contribution in [-0.2, 0) is 21.2 Å². The highest BCUT2D eigenvalue weighted by Crippen LogP contribution is 2.05. The van der Waals surface area contributed by atoms with Gasteiger partial charge in [-0.25, -0.2) is 8.42 Å². The average molecular weight is 283 g/mol. The largest absolute Gasteiger partial charge is 0.352 e. The molecule has 2 N–H and O–H groups in total. The Hall–Kier alpha value is -1.47. The number of hydrogen-bond donors (Lipinski definition) is 2. The minimum Gasteiger partial charge on any atom is -0.352 e. The lowest BCUT2D eigenvalue weighted by Crippen LogP contribution is -2.47. The molecule has 1 unspecified atom stereocenters. The number of nitrogens with one attached hydrogen (secondary N) is 2. The van der Waals surface area contributed by atoms with Crippen molar-refractivity contribution in [1.29, 1.82) is 0 Å². The van der Waals surface area contributed by atoms with Gasteiger partial charge >= 0.3 is 0 Å². The summed E-state index contributed by atoms with van der Waals surface area (Å²) in [6.45, 7) is 0.853. The Labute approximate surface area is 112 Å². The first-order valence-corrected chi connectivity index (χ1v) is 7.97. The van der Waals surface area contributed by atoms with Gasteiger partial charge in [0, 0.05) is 37.9 Å². The maximum Gasteiger partial charge on any atom is 0.221 e. The lowest BCUT2D eigenvalue weighted by Gasteiger charge is -2.23. The third-order valence-corrected chi connectivity index (χ3v) is 4.71. The van der Waals surface area contributed by atoms with Crippen molar-refractivity contribution in [2.75, 3.05) is 18.1 Å². The molecule has 0 aromatic carbocycles. The van der Waals surface area contributed by atoms with Crippen LogP contribution in [-0.4, -0.2) is 43.4 Å². The highest BCUT2D eigenvalue weighted by atomic mass is 32.2. The highest BCUT2D eigenvalue weighted by Gasteiger charge is 2.25. The molecular formula is C12H17N3O3S. The molecule has 1 aliphatic rings. The Balaban J connectivity index is 1.78. The quantitative estimate of drug-likeness (QED) is 0.776. The normalized spacial score (nSPS) is 21.8. The zero-order valence-corrected chi connectivity index (χ0v) is 11.3. The lowest BCUT2D eigenvalue weighted by atomic mass is 10.2. The van der Waals surface area contributed by atoms with Crippen molar-refractivity contribution in [1.82, 2.24) is 15.6 Å². The van der Waals surface area contributed by atoms with Crippen LogP contribution in [0.15, 0.2) is 24.5 Å². The first-order valence-electron chi connectivity index (χ1n) is 6.14. The van der Waals surface area contributed by atoms with Gasteiger partial charge in [-0.3, -0.25) is 9.78 Å². The first kappa shape index (κ1) is 14.0. The summed E-state index contributed by atoms with van der Waals surface area (Å²) >= 11 is 0. The number of nitrogens with zero attached hydrogens (tertiary/aromatic N) is 1. The standard InChI is InChI=1S/C12H17N3O3S/c16-12(15-8-10-1-3-13-4-2-10)7-11-9-19(17,18)6-5-14-11/h1-4,11,14H,5-9H2,(H,15,16). The van der Waals surface area contributed by atoms with E-state index in [2.05, 4.69) is 15.6 Å². The Morgan fingerprint density at radius 3 is 2.84 bits per heavy atom. The van der Waals surface area contributed by atoms with Crippen LogP contribution in [0.3, 0.4) is 0 Å². The number of amides is 1. The molecule has 0 saturated carbocycles. The van der Waals surface area contributed by atoms with Gasteiger partial charge < -0.3 is 10.6 Å². The van der Waals surface area contributed by atoms with Crippen LogP contribution in [0.2, 0.25) is 0 Å². The fourth-order valence-corrected chi connectivity index (χ4v) is 3.44. The second-order valence-electron chi connectivity index (χ2n) is 4.60. The highest BCUT2D eigenvalue weighted by molar-refractivity contribution is 7.91. The molecule has 6 nitrogen and oxygen atoms in total. The van der Waals surface area contributed by atoms with E-state index in [-0.39, 0.29) is 29.9 Å². The molecule has 0 spiro atoms. The Kier molecular flexibility index (Phi) is 4.49. The summed E-state index contributed by atoms with van der Waals surface area (Å²) in [5.41, 5.74) is 0.965. The predicted molar refractivity (Wildman–Crippen MR) is 71.1 cm³/mol. The van der Waals surface area contributed by atoms with Crippen molar-refractivity contribution in [2.45, 2.75) is 19.0 Å². The summed E-state index contributed by atoms with van der Waals surface area (Å²) in [5, 5.41) is 5.83. The number of pyridine rings is 1.